The number of carbonyl (C=O) groups is 1. The third-order valence-corrected chi connectivity index (χ3v) is 5.92. The van der Waals surface area contributed by atoms with Crippen molar-refractivity contribution in [2.24, 2.45) is 4.99 Å². The van der Waals surface area contributed by atoms with Crippen LogP contribution in [0.4, 0.5) is 0 Å². The monoisotopic (exact) mass is 407 g/mol. The normalized spacial score (nSPS) is 16.8. The maximum Gasteiger partial charge on any atom is 0.337 e. The fourth-order valence-electron chi connectivity index (χ4n) is 3.62. The van der Waals surface area contributed by atoms with Crippen LogP contribution < -0.4 is 5.32 Å². The average Bonchev–Trinajstić information content (AvgIpc) is 2.72. The zero-order chi connectivity index (χ0) is 20.6. The van der Waals surface area contributed by atoms with Gasteiger partial charge in [0.25, 0.3) is 0 Å². The Hall–Kier alpha value is -2.86. The molecule has 0 amide bonds. The van der Waals surface area contributed by atoms with Gasteiger partial charge in [0.05, 0.1) is 17.5 Å². The molecule has 1 heterocycles. The highest BCUT2D eigenvalue weighted by atomic mass is 32.2. The van der Waals surface area contributed by atoms with E-state index in [4.69, 9.17) is 0 Å². The molecule has 1 aliphatic rings. The number of hydrogen-bond acceptors (Lipinski definition) is 5. The number of fused-ring (bicyclic) bond motifs is 1. The third-order valence-electron chi connectivity index (χ3n) is 4.98. The van der Waals surface area contributed by atoms with Crippen molar-refractivity contribution < 1.29 is 9.90 Å². The van der Waals surface area contributed by atoms with E-state index in [0.29, 0.717) is 18.2 Å². The maximum absolute atomic E-state index is 11.5. The Balaban J connectivity index is 1.74. The molecule has 29 heavy (non-hydrogen) atoms. The quantitative estimate of drug-likeness (QED) is 0.373. The number of allylic oxidation sites excluding steroid dienone is 1. The highest BCUT2D eigenvalue weighted by Gasteiger charge is 2.22. The Kier molecular flexibility index (Phi) is 7.25. The molecule has 2 N–H and O–H groups in total. The first-order chi connectivity index (χ1) is 14.1. The minimum absolute atomic E-state index is 0.204. The molecule has 0 radical (unpaired) electrons. The Morgan fingerprint density at radius 3 is 2.97 bits per heavy atom. The molecule has 1 aliphatic carbocycles. The molecule has 6 heteroatoms. The van der Waals surface area contributed by atoms with Crippen molar-refractivity contribution in [2.45, 2.75) is 42.0 Å². The minimum atomic E-state index is -0.977. The lowest BCUT2D eigenvalue weighted by Crippen LogP contribution is -2.26. The number of aromatic nitrogens is 1. The summed E-state index contributed by atoms with van der Waals surface area (Å²) in [6.45, 7) is 5.82. The summed E-state index contributed by atoms with van der Waals surface area (Å²) in [7, 11) is 0. The lowest BCUT2D eigenvalue weighted by atomic mass is 9.83. The molecule has 1 unspecified atom stereocenters. The van der Waals surface area contributed by atoms with E-state index in [2.05, 4.69) is 40.2 Å². The van der Waals surface area contributed by atoms with Gasteiger partial charge in [-0.25, -0.2) is 9.78 Å². The number of benzene rings is 1. The van der Waals surface area contributed by atoms with Crippen LogP contribution in [0.15, 0.2) is 81.1 Å². The molecule has 5 nitrogen and oxygen atoms in total. The van der Waals surface area contributed by atoms with Gasteiger partial charge in [-0.1, -0.05) is 30.0 Å². The molecule has 0 spiro atoms. The fraction of sp³-hybridized carbons (Fsp3) is 0.261. The summed E-state index contributed by atoms with van der Waals surface area (Å²) in [6.07, 6.45) is 8.10. The van der Waals surface area contributed by atoms with Gasteiger partial charge in [0.1, 0.15) is 5.03 Å². The SMILES string of the molecule is C=N/C=C(NCC1CCCc2cc(Sc3ccccn3)ccc21)\C(=C/C)C(=O)O. The topological polar surface area (TPSA) is 74.6 Å². The number of pyridine rings is 1. The van der Waals surface area contributed by atoms with Crippen molar-refractivity contribution in [2.75, 3.05) is 6.54 Å². The van der Waals surface area contributed by atoms with E-state index in [1.165, 1.54) is 22.2 Å². The highest BCUT2D eigenvalue weighted by Crippen LogP contribution is 2.35. The van der Waals surface area contributed by atoms with Gasteiger partial charge in [-0.2, -0.15) is 0 Å². The van der Waals surface area contributed by atoms with Crippen LogP contribution in [0.5, 0.6) is 0 Å². The summed E-state index contributed by atoms with van der Waals surface area (Å²) in [5.74, 6) is -0.650. The van der Waals surface area contributed by atoms with Crippen LogP contribution in [-0.2, 0) is 11.2 Å². The van der Waals surface area contributed by atoms with Gasteiger partial charge in [-0.05, 0) is 68.3 Å². The van der Waals surface area contributed by atoms with Crippen molar-refractivity contribution in [1.29, 1.82) is 0 Å². The zero-order valence-electron chi connectivity index (χ0n) is 16.5. The van der Waals surface area contributed by atoms with Crippen molar-refractivity contribution in [3.63, 3.8) is 0 Å². The molecule has 1 aromatic heterocycles. The second kappa shape index (κ2) is 10.1. The van der Waals surface area contributed by atoms with Crippen LogP contribution >= 0.6 is 11.8 Å². The third kappa shape index (κ3) is 5.35. The first-order valence-corrected chi connectivity index (χ1v) is 10.5. The molecular weight excluding hydrogens is 382 g/mol. The highest BCUT2D eigenvalue weighted by molar-refractivity contribution is 7.99. The van der Waals surface area contributed by atoms with Crippen molar-refractivity contribution in [3.05, 3.63) is 77.3 Å². The van der Waals surface area contributed by atoms with Gasteiger partial charge < -0.3 is 10.4 Å². The zero-order valence-corrected chi connectivity index (χ0v) is 17.3. The summed E-state index contributed by atoms with van der Waals surface area (Å²) < 4.78 is 0. The van der Waals surface area contributed by atoms with Gasteiger partial charge in [0.15, 0.2) is 0 Å². The number of aliphatic imine (C=N–C) groups is 1. The van der Waals surface area contributed by atoms with Gasteiger partial charge in [-0.3, -0.25) is 4.99 Å². The number of aryl methyl sites for hydroxylation is 1. The van der Waals surface area contributed by atoms with E-state index in [1.807, 2.05) is 24.4 Å². The summed E-state index contributed by atoms with van der Waals surface area (Å²) in [4.78, 5) is 20.8. The molecule has 0 saturated carbocycles. The summed E-state index contributed by atoms with van der Waals surface area (Å²) in [5, 5.41) is 13.7. The van der Waals surface area contributed by atoms with E-state index in [1.54, 1.807) is 24.8 Å². The number of carboxylic acids is 1. The lowest BCUT2D eigenvalue weighted by Gasteiger charge is -2.27. The molecule has 0 fully saturated rings. The number of carboxylic acid groups (broad SMARTS) is 1. The van der Waals surface area contributed by atoms with Crippen LogP contribution in [0.25, 0.3) is 0 Å². The van der Waals surface area contributed by atoms with Gasteiger partial charge in [-0.15, -0.1) is 0 Å². The van der Waals surface area contributed by atoms with E-state index in [-0.39, 0.29) is 5.57 Å². The summed E-state index contributed by atoms with van der Waals surface area (Å²) in [5.41, 5.74) is 3.39. The van der Waals surface area contributed by atoms with Crippen molar-refractivity contribution in [1.82, 2.24) is 10.3 Å². The predicted octanol–water partition coefficient (Wildman–Crippen LogP) is 4.82. The standard InChI is InChI=1S/C23H25N3O2S/c1-3-19(23(27)28)21(15-24-2)26-14-17-8-6-7-16-13-18(10-11-20(16)17)29-22-9-4-5-12-25-22/h3-5,9-13,15,17,26H,2,6-8,14H2,1H3,(H,27,28)/b19-3+,21-15+. The molecule has 0 aliphatic heterocycles. The number of rotatable bonds is 8. The summed E-state index contributed by atoms with van der Waals surface area (Å²) in [6, 6.07) is 12.5. The number of nitrogens with one attached hydrogen (secondary N) is 1. The lowest BCUT2D eigenvalue weighted by molar-refractivity contribution is -0.132. The van der Waals surface area contributed by atoms with E-state index in [9.17, 15) is 9.90 Å². The van der Waals surface area contributed by atoms with Crippen LogP contribution in [0.1, 0.15) is 36.8 Å². The van der Waals surface area contributed by atoms with Crippen LogP contribution in [0, 0.1) is 0 Å². The largest absolute Gasteiger partial charge is 0.478 e. The van der Waals surface area contributed by atoms with E-state index >= 15 is 0 Å². The molecule has 2 aromatic rings. The van der Waals surface area contributed by atoms with Gasteiger partial charge in [0, 0.05) is 23.6 Å². The Labute approximate surface area is 175 Å². The smallest absolute Gasteiger partial charge is 0.337 e. The summed E-state index contributed by atoms with van der Waals surface area (Å²) >= 11 is 1.67. The molecule has 1 atom stereocenters. The first-order valence-electron chi connectivity index (χ1n) is 9.64. The average molecular weight is 408 g/mol. The Morgan fingerprint density at radius 1 is 1.41 bits per heavy atom. The van der Waals surface area contributed by atoms with Gasteiger partial charge in [0.2, 0.25) is 0 Å². The van der Waals surface area contributed by atoms with E-state index < -0.39 is 5.97 Å². The first kappa shape index (κ1) is 20.9. The van der Waals surface area contributed by atoms with E-state index in [0.717, 1.165) is 24.3 Å². The second-order valence-electron chi connectivity index (χ2n) is 6.83. The van der Waals surface area contributed by atoms with Crippen molar-refractivity contribution >= 4 is 24.4 Å². The number of hydrogen-bond donors (Lipinski definition) is 2. The van der Waals surface area contributed by atoms with Crippen molar-refractivity contribution in [3.8, 4) is 0 Å². The fourth-order valence-corrected chi connectivity index (χ4v) is 4.46. The molecule has 0 saturated heterocycles. The second-order valence-corrected chi connectivity index (χ2v) is 7.93. The predicted molar refractivity (Wildman–Crippen MR) is 118 cm³/mol. The number of aliphatic carboxylic acids is 1. The molecule has 150 valence electrons. The molecule has 0 bridgehead atoms. The molecular formula is C23H25N3O2S. The van der Waals surface area contributed by atoms with Crippen LogP contribution in [0.2, 0.25) is 0 Å². The van der Waals surface area contributed by atoms with Crippen LogP contribution in [0.3, 0.4) is 0 Å². The van der Waals surface area contributed by atoms with Gasteiger partial charge >= 0.3 is 5.97 Å². The Bertz CT molecular complexity index is 938. The number of nitrogens with zero attached hydrogens (tertiary/aromatic N) is 2. The minimum Gasteiger partial charge on any atom is -0.478 e. The maximum atomic E-state index is 11.5. The Morgan fingerprint density at radius 2 is 2.28 bits per heavy atom. The molecule has 3 rings (SSSR count). The van der Waals surface area contributed by atoms with Crippen LogP contribution in [-0.4, -0.2) is 29.3 Å². The molecule has 1 aromatic carbocycles.